The van der Waals surface area contributed by atoms with Gasteiger partial charge in [0.1, 0.15) is 0 Å². The maximum atomic E-state index is 10.0. The number of hydrogen-bond donors (Lipinski definition) is 0. The highest BCUT2D eigenvalue weighted by Crippen LogP contribution is 1.80. The van der Waals surface area contributed by atoms with Crippen LogP contribution in [-0.4, -0.2) is 23.0 Å². The monoisotopic (exact) mass is 142 g/mol. The summed E-state index contributed by atoms with van der Waals surface area (Å²) in [7, 11) is 0. The number of hydrogen-bond acceptors (Lipinski definition) is 2. The van der Waals surface area contributed by atoms with Gasteiger partial charge in [-0.3, -0.25) is 4.18 Å². The molecular weight excluding hydrogens is 136 g/mol. The second kappa shape index (κ2) is 4.56. The molecule has 0 aromatic carbocycles. The van der Waals surface area contributed by atoms with Gasteiger partial charge in [0.25, 0.3) is 0 Å². The zero-order valence-electron chi connectivity index (χ0n) is 4.02. The van der Waals surface area contributed by atoms with E-state index in [1.54, 1.807) is 0 Å². The van der Waals surface area contributed by atoms with Gasteiger partial charge in [0, 0.05) is 12.1 Å². The van der Waals surface area contributed by atoms with Crippen molar-refractivity contribution in [2.24, 2.45) is 0 Å². The molecule has 7 heavy (non-hydrogen) atoms. The molecule has 0 aromatic rings. The Morgan fingerprint density at radius 2 is 2.43 bits per heavy atom. The summed E-state index contributed by atoms with van der Waals surface area (Å²) in [5.74, 6) is 0.402. The van der Waals surface area contributed by atoms with E-state index in [9.17, 15) is 4.21 Å². The third-order valence-electron chi connectivity index (χ3n) is 0.326. The number of rotatable bonds is 3. The van der Waals surface area contributed by atoms with Gasteiger partial charge in [-0.25, -0.2) is 4.21 Å². The fraction of sp³-hybridized carbons (Fsp3) is 1.00. The second-order valence-corrected chi connectivity index (χ2v) is 2.33. The molecule has 1 unspecified atom stereocenters. The van der Waals surface area contributed by atoms with Crippen molar-refractivity contribution in [3.05, 3.63) is 0 Å². The van der Waals surface area contributed by atoms with Gasteiger partial charge in [-0.05, 0) is 0 Å². The first-order chi connectivity index (χ1) is 3.27. The molecule has 1 atom stereocenters. The van der Waals surface area contributed by atoms with Crippen molar-refractivity contribution in [3.63, 3.8) is 0 Å². The Morgan fingerprint density at radius 1 is 1.86 bits per heavy atom. The lowest BCUT2D eigenvalue weighted by atomic mass is 10.9. The zero-order chi connectivity index (χ0) is 5.70. The number of alkyl halides is 1. The Hall–Kier alpha value is 0.400. The molecule has 0 aliphatic rings. The lowest BCUT2D eigenvalue weighted by Gasteiger charge is -1.90. The van der Waals surface area contributed by atoms with E-state index in [0.717, 1.165) is 0 Å². The molecule has 0 aliphatic carbocycles. The molecule has 0 radical (unpaired) electrons. The van der Waals surface area contributed by atoms with E-state index in [4.69, 9.17) is 11.6 Å². The molecule has 0 bridgehead atoms. The molecule has 0 fully saturated rings. The summed E-state index contributed by atoms with van der Waals surface area (Å²) in [5, 5.41) is 0. The topological polar surface area (TPSA) is 26.3 Å². The smallest absolute Gasteiger partial charge is 0.152 e. The first kappa shape index (κ1) is 7.40. The van der Waals surface area contributed by atoms with Crippen LogP contribution < -0.4 is 0 Å². The summed E-state index contributed by atoms with van der Waals surface area (Å²) in [6, 6.07) is 0. The fourth-order valence-corrected chi connectivity index (χ4v) is 0.636. The Balaban J connectivity index is 2.82. The van der Waals surface area contributed by atoms with Gasteiger partial charge in [-0.2, -0.15) is 0 Å². The minimum absolute atomic E-state index is 0.366. The van der Waals surface area contributed by atoms with Crippen LogP contribution in [0.4, 0.5) is 0 Å². The van der Waals surface area contributed by atoms with Gasteiger partial charge in [0.05, 0.1) is 6.61 Å². The van der Waals surface area contributed by atoms with Crippen LogP contribution in [0.25, 0.3) is 0 Å². The van der Waals surface area contributed by atoms with E-state index in [0.29, 0.717) is 12.5 Å². The van der Waals surface area contributed by atoms with Gasteiger partial charge in [0.2, 0.25) is 0 Å². The standard InChI is InChI=1S/C3H7ClO2S/c1-7(5)6-3-2-4/h2-3H2,1H3. The van der Waals surface area contributed by atoms with Crippen molar-refractivity contribution in [1.29, 1.82) is 0 Å². The minimum Gasteiger partial charge on any atom is -0.290 e. The van der Waals surface area contributed by atoms with Gasteiger partial charge in [-0.1, -0.05) is 0 Å². The summed E-state index contributed by atoms with van der Waals surface area (Å²) in [6.45, 7) is 0.366. The van der Waals surface area contributed by atoms with Gasteiger partial charge in [0.15, 0.2) is 11.1 Å². The van der Waals surface area contributed by atoms with Crippen molar-refractivity contribution in [1.82, 2.24) is 0 Å². The SMILES string of the molecule is CS(=O)OCCCl. The third kappa shape index (κ3) is 6.40. The molecule has 0 N–H and O–H groups in total. The Bertz CT molecular complexity index is 66.0. The van der Waals surface area contributed by atoms with Crippen molar-refractivity contribution in [3.8, 4) is 0 Å². The molecular formula is C3H7ClO2S. The summed E-state index contributed by atoms with van der Waals surface area (Å²) in [4.78, 5) is 0. The quantitative estimate of drug-likeness (QED) is 0.538. The van der Waals surface area contributed by atoms with Crippen LogP contribution in [-0.2, 0) is 15.3 Å². The van der Waals surface area contributed by atoms with Crippen LogP contribution in [0.1, 0.15) is 0 Å². The average molecular weight is 143 g/mol. The third-order valence-corrected chi connectivity index (χ3v) is 0.979. The van der Waals surface area contributed by atoms with Crippen LogP contribution in [0.15, 0.2) is 0 Å². The molecule has 0 amide bonds. The minimum atomic E-state index is -1.15. The molecule has 0 aromatic heterocycles. The lowest BCUT2D eigenvalue weighted by Crippen LogP contribution is -1.96. The van der Waals surface area contributed by atoms with E-state index in [-0.39, 0.29) is 0 Å². The van der Waals surface area contributed by atoms with Crippen molar-refractivity contribution in [2.75, 3.05) is 18.7 Å². The van der Waals surface area contributed by atoms with Gasteiger partial charge in [-0.15, -0.1) is 11.6 Å². The molecule has 0 saturated heterocycles. The summed E-state index contributed by atoms with van der Waals surface area (Å²) in [6.07, 6.45) is 1.46. The Morgan fingerprint density at radius 3 is 2.57 bits per heavy atom. The maximum Gasteiger partial charge on any atom is 0.152 e. The van der Waals surface area contributed by atoms with E-state index >= 15 is 0 Å². The normalized spacial score (nSPS) is 14.0. The predicted octanol–water partition coefficient (Wildman–Crippen LogP) is 0.535. The van der Waals surface area contributed by atoms with E-state index in [1.165, 1.54) is 6.26 Å². The zero-order valence-corrected chi connectivity index (χ0v) is 5.59. The highest BCUT2D eigenvalue weighted by Gasteiger charge is 1.85. The lowest BCUT2D eigenvalue weighted by molar-refractivity contribution is 0.377. The molecule has 2 nitrogen and oxygen atoms in total. The largest absolute Gasteiger partial charge is 0.290 e. The van der Waals surface area contributed by atoms with Crippen LogP contribution >= 0.6 is 11.6 Å². The van der Waals surface area contributed by atoms with Crippen molar-refractivity contribution < 1.29 is 8.39 Å². The van der Waals surface area contributed by atoms with Crippen LogP contribution in [0.2, 0.25) is 0 Å². The van der Waals surface area contributed by atoms with Crippen LogP contribution in [0.5, 0.6) is 0 Å². The van der Waals surface area contributed by atoms with Gasteiger partial charge < -0.3 is 0 Å². The van der Waals surface area contributed by atoms with E-state index in [2.05, 4.69) is 4.18 Å². The molecule has 44 valence electrons. The molecule has 0 saturated carbocycles. The fourth-order valence-electron chi connectivity index (χ4n) is 0.149. The molecule has 0 aliphatic heterocycles. The molecule has 0 spiro atoms. The Kier molecular flexibility index (Phi) is 4.82. The first-order valence-corrected chi connectivity index (χ1v) is 3.82. The van der Waals surface area contributed by atoms with E-state index in [1.807, 2.05) is 0 Å². The summed E-state index contributed by atoms with van der Waals surface area (Å²) >= 11 is 4.04. The predicted molar refractivity (Wildman–Crippen MR) is 30.7 cm³/mol. The second-order valence-electron chi connectivity index (χ2n) is 0.912. The summed E-state index contributed by atoms with van der Waals surface area (Å²) in [5.41, 5.74) is 0. The maximum absolute atomic E-state index is 10.0. The first-order valence-electron chi connectivity index (χ1n) is 1.80. The van der Waals surface area contributed by atoms with Crippen LogP contribution in [0.3, 0.4) is 0 Å². The molecule has 0 heterocycles. The molecule has 4 heteroatoms. The van der Waals surface area contributed by atoms with E-state index < -0.39 is 11.1 Å². The highest BCUT2D eigenvalue weighted by atomic mass is 35.5. The van der Waals surface area contributed by atoms with Gasteiger partial charge >= 0.3 is 0 Å². The molecule has 0 rings (SSSR count). The van der Waals surface area contributed by atoms with Crippen molar-refractivity contribution >= 4 is 22.7 Å². The summed E-state index contributed by atoms with van der Waals surface area (Å²) < 4.78 is 14.6. The Labute approximate surface area is 50.5 Å². The average Bonchev–Trinajstić information content (AvgIpc) is 1.61. The van der Waals surface area contributed by atoms with Crippen LogP contribution in [0, 0.1) is 0 Å². The highest BCUT2D eigenvalue weighted by molar-refractivity contribution is 7.79. The van der Waals surface area contributed by atoms with Crippen molar-refractivity contribution in [2.45, 2.75) is 0 Å². The number of halogens is 1.